The SMILES string of the molecule is COc1ccccc1O[C@H]1C[C@@H](C(=O)O)N(C(=O)OC(C)(C)C)C1. The summed E-state index contributed by atoms with van der Waals surface area (Å²) >= 11 is 0. The number of hydrogen-bond donors (Lipinski definition) is 1. The van der Waals surface area contributed by atoms with Crippen LogP contribution in [0.2, 0.25) is 0 Å². The summed E-state index contributed by atoms with van der Waals surface area (Å²) in [5.41, 5.74) is -0.693. The van der Waals surface area contributed by atoms with E-state index in [1.807, 2.05) is 6.07 Å². The number of nitrogens with zero attached hydrogens (tertiary/aromatic N) is 1. The molecule has 1 saturated heterocycles. The molecule has 7 heteroatoms. The van der Waals surface area contributed by atoms with Crippen molar-refractivity contribution in [2.24, 2.45) is 0 Å². The third-order valence-electron chi connectivity index (χ3n) is 3.54. The van der Waals surface area contributed by atoms with E-state index in [2.05, 4.69) is 0 Å². The van der Waals surface area contributed by atoms with Crippen LogP contribution in [0.4, 0.5) is 4.79 Å². The van der Waals surface area contributed by atoms with Crippen LogP contribution < -0.4 is 9.47 Å². The van der Waals surface area contributed by atoms with Gasteiger partial charge in [-0.2, -0.15) is 0 Å². The number of hydrogen-bond acceptors (Lipinski definition) is 5. The predicted octanol–water partition coefficient (Wildman–Crippen LogP) is 2.54. The van der Waals surface area contributed by atoms with Gasteiger partial charge in [0.05, 0.1) is 13.7 Å². The Morgan fingerprint density at radius 1 is 1.21 bits per heavy atom. The molecule has 0 bridgehead atoms. The number of carbonyl (C=O) groups excluding carboxylic acids is 1. The maximum Gasteiger partial charge on any atom is 0.411 e. The van der Waals surface area contributed by atoms with E-state index in [9.17, 15) is 14.7 Å². The molecule has 0 aromatic heterocycles. The van der Waals surface area contributed by atoms with E-state index in [1.165, 1.54) is 12.0 Å². The van der Waals surface area contributed by atoms with Gasteiger partial charge in [0, 0.05) is 6.42 Å². The molecule has 0 radical (unpaired) electrons. The minimum atomic E-state index is -1.08. The summed E-state index contributed by atoms with van der Waals surface area (Å²) in [4.78, 5) is 24.9. The van der Waals surface area contributed by atoms with Crippen LogP contribution in [-0.4, -0.2) is 53.5 Å². The Labute approximate surface area is 141 Å². The fraction of sp³-hybridized carbons (Fsp3) is 0.529. The van der Waals surface area contributed by atoms with Gasteiger partial charge in [0.2, 0.25) is 0 Å². The molecular weight excluding hydrogens is 314 g/mol. The lowest BCUT2D eigenvalue weighted by atomic mass is 10.2. The van der Waals surface area contributed by atoms with Crippen LogP contribution in [0.3, 0.4) is 0 Å². The van der Waals surface area contributed by atoms with Crippen molar-refractivity contribution in [2.45, 2.75) is 44.9 Å². The van der Waals surface area contributed by atoms with Crippen molar-refractivity contribution < 1.29 is 28.9 Å². The van der Waals surface area contributed by atoms with Crippen molar-refractivity contribution in [3.8, 4) is 11.5 Å². The number of benzene rings is 1. The summed E-state index contributed by atoms with van der Waals surface area (Å²) in [6.45, 7) is 5.35. The normalized spacial score (nSPS) is 20.6. The van der Waals surface area contributed by atoms with Gasteiger partial charge in [0.15, 0.2) is 11.5 Å². The first-order valence-corrected chi connectivity index (χ1v) is 7.73. The number of carboxylic acids is 1. The summed E-state index contributed by atoms with van der Waals surface area (Å²) in [6, 6.07) is 6.13. The van der Waals surface area contributed by atoms with E-state index < -0.39 is 29.8 Å². The van der Waals surface area contributed by atoms with Crippen LogP contribution in [0.5, 0.6) is 11.5 Å². The molecular formula is C17H23NO6. The highest BCUT2D eigenvalue weighted by molar-refractivity contribution is 5.81. The Bertz CT molecular complexity index is 609. The molecule has 0 spiro atoms. The van der Waals surface area contributed by atoms with Crippen molar-refractivity contribution in [1.82, 2.24) is 4.90 Å². The lowest BCUT2D eigenvalue weighted by molar-refractivity contribution is -0.142. The van der Waals surface area contributed by atoms with Crippen LogP contribution in [0.15, 0.2) is 24.3 Å². The van der Waals surface area contributed by atoms with Gasteiger partial charge < -0.3 is 19.3 Å². The van der Waals surface area contributed by atoms with E-state index in [1.54, 1.807) is 39.0 Å². The van der Waals surface area contributed by atoms with Crippen molar-refractivity contribution in [3.05, 3.63) is 24.3 Å². The first kappa shape index (κ1) is 17.9. The average molecular weight is 337 g/mol. The molecule has 1 aliphatic rings. The fourth-order valence-corrected chi connectivity index (χ4v) is 2.53. The molecule has 1 aromatic rings. The van der Waals surface area contributed by atoms with E-state index >= 15 is 0 Å². The molecule has 1 aromatic carbocycles. The second-order valence-electron chi connectivity index (χ2n) is 6.61. The van der Waals surface area contributed by atoms with E-state index in [4.69, 9.17) is 14.2 Å². The largest absolute Gasteiger partial charge is 0.493 e. The van der Waals surface area contributed by atoms with Crippen LogP contribution in [0.1, 0.15) is 27.2 Å². The summed E-state index contributed by atoms with van der Waals surface area (Å²) < 4.78 is 16.4. The molecule has 1 fully saturated rings. The highest BCUT2D eigenvalue weighted by atomic mass is 16.6. The quantitative estimate of drug-likeness (QED) is 0.909. The number of amides is 1. The highest BCUT2D eigenvalue weighted by Crippen LogP contribution is 2.30. The maximum atomic E-state index is 12.3. The molecule has 1 heterocycles. The zero-order chi connectivity index (χ0) is 17.9. The Balaban J connectivity index is 2.12. The number of para-hydroxylation sites is 2. The van der Waals surface area contributed by atoms with Gasteiger partial charge in [0.1, 0.15) is 17.7 Å². The molecule has 24 heavy (non-hydrogen) atoms. The molecule has 0 aliphatic carbocycles. The highest BCUT2D eigenvalue weighted by Gasteiger charge is 2.42. The van der Waals surface area contributed by atoms with Gasteiger partial charge >= 0.3 is 12.1 Å². The zero-order valence-corrected chi connectivity index (χ0v) is 14.3. The zero-order valence-electron chi connectivity index (χ0n) is 14.3. The van der Waals surface area contributed by atoms with Gasteiger partial charge in [-0.05, 0) is 32.9 Å². The first-order chi connectivity index (χ1) is 11.2. The summed E-state index contributed by atoms with van der Waals surface area (Å²) in [6.07, 6.45) is -0.914. The number of rotatable bonds is 4. The van der Waals surface area contributed by atoms with Crippen molar-refractivity contribution >= 4 is 12.1 Å². The summed E-state index contributed by atoms with van der Waals surface area (Å²) in [5.74, 6) is -0.00717. The monoisotopic (exact) mass is 337 g/mol. The Morgan fingerprint density at radius 3 is 2.38 bits per heavy atom. The van der Waals surface area contributed by atoms with Gasteiger partial charge in [0.25, 0.3) is 0 Å². The smallest absolute Gasteiger partial charge is 0.411 e. The number of ether oxygens (including phenoxy) is 3. The second-order valence-corrected chi connectivity index (χ2v) is 6.61. The van der Waals surface area contributed by atoms with E-state index in [0.29, 0.717) is 11.5 Å². The fourth-order valence-electron chi connectivity index (χ4n) is 2.53. The van der Waals surface area contributed by atoms with E-state index in [0.717, 1.165) is 0 Å². The molecule has 2 atom stereocenters. The van der Waals surface area contributed by atoms with Gasteiger partial charge in [-0.1, -0.05) is 12.1 Å². The topological polar surface area (TPSA) is 85.3 Å². The molecule has 7 nitrogen and oxygen atoms in total. The Kier molecular flexibility index (Phi) is 5.21. The number of likely N-dealkylation sites (tertiary alicyclic amines) is 1. The van der Waals surface area contributed by atoms with Crippen LogP contribution >= 0.6 is 0 Å². The van der Waals surface area contributed by atoms with Crippen molar-refractivity contribution in [1.29, 1.82) is 0 Å². The Morgan fingerprint density at radius 2 is 1.83 bits per heavy atom. The molecule has 132 valence electrons. The number of carbonyl (C=O) groups is 2. The number of aliphatic carboxylic acids is 1. The van der Waals surface area contributed by atoms with Gasteiger partial charge in [-0.25, -0.2) is 9.59 Å². The third kappa shape index (κ3) is 4.31. The van der Waals surface area contributed by atoms with E-state index in [-0.39, 0.29) is 13.0 Å². The minimum absolute atomic E-state index is 0.143. The number of carboxylic acid groups (broad SMARTS) is 1. The molecule has 0 unspecified atom stereocenters. The van der Waals surface area contributed by atoms with Crippen molar-refractivity contribution in [3.63, 3.8) is 0 Å². The Hall–Kier alpha value is -2.44. The molecule has 1 aliphatic heterocycles. The minimum Gasteiger partial charge on any atom is -0.493 e. The van der Waals surface area contributed by atoms with Gasteiger partial charge in [-0.15, -0.1) is 0 Å². The molecule has 2 rings (SSSR count). The molecule has 1 amide bonds. The summed E-state index contributed by atoms with van der Waals surface area (Å²) in [5, 5.41) is 9.39. The predicted molar refractivity (Wildman–Crippen MR) is 86.4 cm³/mol. The van der Waals surface area contributed by atoms with Crippen LogP contribution in [0.25, 0.3) is 0 Å². The number of methoxy groups -OCH3 is 1. The van der Waals surface area contributed by atoms with Crippen molar-refractivity contribution in [2.75, 3.05) is 13.7 Å². The maximum absolute atomic E-state index is 12.3. The lowest BCUT2D eigenvalue weighted by Gasteiger charge is -2.26. The molecule has 0 saturated carbocycles. The standard InChI is InChI=1S/C17H23NO6/c1-17(2,3)24-16(21)18-10-11(9-12(18)15(19)20)23-14-8-6-5-7-13(14)22-4/h5-8,11-12H,9-10H2,1-4H3,(H,19,20)/t11-,12-/m0/s1. The molecule has 1 N–H and O–H groups in total. The lowest BCUT2D eigenvalue weighted by Crippen LogP contribution is -2.43. The second kappa shape index (κ2) is 6.98. The van der Waals surface area contributed by atoms with Crippen LogP contribution in [0, 0.1) is 0 Å². The third-order valence-corrected chi connectivity index (χ3v) is 3.54. The average Bonchev–Trinajstić information content (AvgIpc) is 2.90. The summed E-state index contributed by atoms with van der Waals surface area (Å²) in [7, 11) is 1.53. The van der Waals surface area contributed by atoms with Gasteiger partial charge in [-0.3, -0.25) is 4.90 Å². The first-order valence-electron chi connectivity index (χ1n) is 7.73. The van der Waals surface area contributed by atoms with Crippen LogP contribution in [-0.2, 0) is 9.53 Å².